The monoisotopic (exact) mass is 252 g/mol. The van der Waals surface area contributed by atoms with E-state index in [1.807, 2.05) is 18.2 Å². The number of nitrogens with two attached hydrogens (primary N) is 2. The molecule has 0 aliphatic rings. The number of hydrogen-bond donors (Lipinski definition) is 2. The lowest BCUT2D eigenvalue weighted by Crippen LogP contribution is -2.50. The highest BCUT2D eigenvalue weighted by Gasteiger charge is 2.27. The van der Waals surface area contributed by atoms with Gasteiger partial charge in [0.05, 0.1) is 5.54 Å². The van der Waals surface area contributed by atoms with Gasteiger partial charge >= 0.3 is 0 Å². The van der Waals surface area contributed by atoms with Crippen LogP contribution in [-0.4, -0.2) is 16.7 Å². The molecule has 4 N–H and O–H groups in total. The van der Waals surface area contributed by atoms with E-state index in [1.54, 1.807) is 18.7 Å². The molecule has 4 heteroatoms. The zero-order chi connectivity index (χ0) is 12.9. The third-order valence-corrected chi connectivity index (χ3v) is 3.89. The molecule has 0 aromatic heterocycles. The molecule has 0 aliphatic carbocycles. The van der Waals surface area contributed by atoms with E-state index in [4.69, 9.17) is 11.5 Å². The number of hydrogen-bond acceptors (Lipinski definition) is 3. The standard InChI is InChI=1S/C13H20N2OS/c1-10(8-13(2,15)12(14)16)17-9-11-6-4-3-5-7-11/h3-7,10H,8-9,15H2,1-2H3,(H2,14,16). The van der Waals surface area contributed by atoms with E-state index in [-0.39, 0.29) is 0 Å². The maximum Gasteiger partial charge on any atom is 0.237 e. The minimum absolute atomic E-state index is 0.303. The van der Waals surface area contributed by atoms with Gasteiger partial charge in [-0.15, -0.1) is 0 Å². The summed E-state index contributed by atoms with van der Waals surface area (Å²) >= 11 is 1.79. The van der Waals surface area contributed by atoms with E-state index in [1.165, 1.54) is 5.56 Å². The number of thioether (sulfide) groups is 1. The maximum atomic E-state index is 11.1. The Balaban J connectivity index is 2.41. The van der Waals surface area contributed by atoms with E-state index >= 15 is 0 Å². The summed E-state index contributed by atoms with van der Waals surface area (Å²) in [6, 6.07) is 10.2. The van der Waals surface area contributed by atoms with Crippen LogP contribution in [0.25, 0.3) is 0 Å². The van der Waals surface area contributed by atoms with Crippen LogP contribution in [0, 0.1) is 0 Å². The Hall–Kier alpha value is -1.00. The Labute approximate surface area is 107 Å². The van der Waals surface area contributed by atoms with Crippen molar-refractivity contribution in [3.05, 3.63) is 35.9 Å². The summed E-state index contributed by atoms with van der Waals surface area (Å²) in [7, 11) is 0. The lowest BCUT2D eigenvalue weighted by atomic mass is 9.97. The van der Waals surface area contributed by atoms with Crippen LogP contribution in [0.15, 0.2) is 30.3 Å². The van der Waals surface area contributed by atoms with E-state index in [0.717, 1.165) is 5.75 Å². The first-order chi connectivity index (χ1) is 7.92. The van der Waals surface area contributed by atoms with Crippen LogP contribution in [-0.2, 0) is 10.5 Å². The van der Waals surface area contributed by atoms with E-state index in [2.05, 4.69) is 19.1 Å². The van der Waals surface area contributed by atoms with Gasteiger partial charge in [0.1, 0.15) is 0 Å². The van der Waals surface area contributed by atoms with Crippen LogP contribution in [0.5, 0.6) is 0 Å². The van der Waals surface area contributed by atoms with E-state index in [9.17, 15) is 4.79 Å². The highest BCUT2D eigenvalue weighted by Crippen LogP contribution is 2.23. The molecule has 1 rings (SSSR count). The molecule has 1 amide bonds. The van der Waals surface area contributed by atoms with Gasteiger partial charge in [-0.2, -0.15) is 11.8 Å². The Morgan fingerprint density at radius 1 is 1.41 bits per heavy atom. The van der Waals surface area contributed by atoms with Crippen LogP contribution in [0.1, 0.15) is 25.8 Å². The minimum Gasteiger partial charge on any atom is -0.368 e. The minimum atomic E-state index is -0.914. The van der Waals surface area contributed by atoms with Crippen molar-refractivity contribution in [3.8, 4) is 0 Å². The molecule has 0 spiro atoms. The highest BCUT2D eigenvalue weighted by atomic mass is 32.2. The predicted octanol–water partition coefficient (Wildman–Crippen LogP) is 1.90. The zero-order valence-electron chi connectivity index (χ0n) is 10.3. The molecule has 2 atom stereocenters. The summed E-state index contributed by atoms with van der Waals surface area (Å²) < 4.78 is 0. The van der Waals surface area contributed by atoms with Gasteiger partial charge in [0.15, 0.2) is 0 Å². The molecule has 1 aromatic carbocycles. The third-order valence-electron chi connectivity index (χ3n) is 2.65. The second-order valence-corrected chi connectivity index (χ2v) is 6.02. The molecule has 1 aromatic rings. The Morgan fingerprint density at radius 2 is 2.00 bits per heavy atom. The summed E-state index contributed by atoms with van der Waals surface area (Å²) in [5.41, 5.74) is 11.5. The molecule has 0 saturated carbocycles. The van der Waals surface area contributed by atoms with E-state index < -0.39 is 11.4 Å². The fourth-order valence-electron chi connectivity index (χ4n) is 1.57. The van der Waals surface area contributed by atoms with Gasteiger partial charge < -0.3 is 11.5 Å². The summed E-state index contributed by atoms with van der Waals surface area (Å²) in [5, 5.41) is 0.303. The Bertz CT molecular complexity index is 365. The van der Waals surface area contributed by atoms with Crippen molar-refractivity contribution < 1.29 is 4.79 Å². The molecule has 3 nitrogen and oxygen atoms in total. The molecule has 2 unspecified atom stereocenters. The summed E-state index contributed by atoms with van der Waals surface area (Å²) in [5.74, 6) is 0.487. The molecule has 0 fully saturated rings. The van der Waals surface area contributed by atoms with Crippen LogP contribution in [0.2, 0.25) is 0 Å². The molecule has 0 saturated heterocycles. The van der Waals surface area contributed by atoms with Crippen LogP contribution in [0.4, 0.5) is 0 Å². The quantitative estimate of drug-likeness (QED) is 0.812. The van der Waals surface area contributed by atoms with Crippen LogP contribution < -0.4 is 11.5 Å². The number of carbonyl (C=O) groups excluding carboxylic acids is 1. The Kier molecular flexibility index (Phi) is 5.02. The van der Waals surface area contributed by atoms with Gasteiger partial charge in [0.25, 0.3) is 0 Å². The zero-order valence-corrected chi connectivity index (χ0v) is 11.2. The first kappa shape index (κ1) is 14.1. The van der Waals surface area contributed by atoms with Crippen molar-refractivity contribution in [2.45, 2.75) is 36.8 Å². The van der Waals surface area contributed by atoms with Gasteiger partial charge in [-0.1, -0.05) is 37.3 Å². The van der Waals surface area contributed by atoms with Crippen molar-refractivity contribution in [2.75, 3.05) is 0 Å². The fraction of sp³-hybridized carbons (Fsp3) is 0.462. The van der Waals surface area contributed by atoms with Gasteiger partial charge in [-0.05, 0) is 18.9 Å². The first-order valence-corrected chi connectivity index (χ1v) is 6.71. The number of rotatable bonds is 6. The normalized spacial score (nSPS) is 16.2. The predicted molar refractivity (Wildman–Crippen MR) is 73.6 cm³/mol. The SMILES string of the molecule is CC(CC(C)(N)C(N)=O)SCc1ccccc1. The first-order valence-electron chi connectivity index (χ1n) is 5.66. The molecule has 0 radical (unpaired) electrons. The van der Waals surface area contributed by atoms with Crippen molar-refractivity contribution in [1.29, 1.82) is 0 Å². The molecule has 0 bridgehead atoms. The van der Waals surface area contributed by atoms with Gasteiger partial charge in [-0.25, -0.2) is 0 Å². The van der Waals surface area contributed by atoms with Crippen LogP contribution in [0.3, 0.4) is 0 Å². The summed E-state index contributed by atoms with van der Waals surface area (Å²) in [4.78, 5) is 11.1. The van der Waals surface area contributed by atoms with Crippen LogP contribution >= 0.6 is 11.8 Å². The smallest absolute Gasteiger partial charge is 0.237 e. The van der Waals surface area contributed by atoms with Gasteiger partial charge in [-0.3, -0.25) is 4.79 Å². The Morgan fingerprint density at radius 3 is 2.53 bits per heavy atom. The lowest BCUT2D eigenvalue weighted by Gasteiger charge is -2.24. The maximum absolute atomic E-state index is 11.1. The average Bonchev–Trinajstić information content (AvgIpc) is 2.27. The van der Waals surface area contributed by atoms with E-state index in [0.29, 0.717) is 11.7 Å². The molecule has 94 valence electrons. The summed E-state index contributed by atoms with van der Waals surface area (Å²) in [6.45, 7) is 3.76. The molecule has 0 aliphatic heterocycles. The highest BCUT2D eigenvalue weighted by molar-refractivity contribution is 7.99. The number of amides is 1. The molecular formula is C13H20N2OS. The number of benzene rings is 1. The fourth-order valence-corrected chi connectivity index (χ4v) is 2.70. The number of primary amides is 1. The lowest BCUT2D eigenvalue weighted by molar-refractivity contribution is -0.122. The molecule has 0 heterocycles. The van der Waals surface area contributed by atoms with Crippen molar-refractivity contribution in [2.24, 2.45) is 11.5 Å². The molecular weight excluding hydrogens is 232 g/mol. The van der Waals surface area contributed by atoms with Crippen molar-refractivity contribution in [3.63, 3.8) is 0 Å². The van der Waals surface area contributed by atoms with Crippen molar-refractivity contribution in [1.82, 2.24) is 0 Å². The topological polar surface area (TPSA) is 69.1 Å². The van der Waals surface area contributed by atoms with Gasteiger partial charge in [0.2, 0.25) is 5.91 Å². The third kappa shape index (κ3) is 4.79. The van der Waals surface area contributed by atoms with Gasteiger partial charge in [0, 0.05) is 11.0 Å². The largest absolute Gasteiger partial charge is 0.368 e. The summed E-state index contributed by atoms with van der Waals surface area (Å²) in [6.07, 6.45) is 0.597. The second kappa shape index (κ2) is 6.07. The average molecular weight is 252 g/mol. The molecule has 17 heavy (non-hydrogen) atoms. The van der Waals surface area contributed by atoms with Crippen molar-refractivity contribution >= 4 is 17.7 Å². The second-order valence-electron chi connectivity index (χ2n) is 4.59. The number of carbonyl (C=O) groups is 1.